The van der Waals surface area contributed by atoms with Gasteiger partial charge in [-0.25, -0.2) is 9.67 Å². The van der Waals surface area contributed by atoms with Gasteiger partial charge < -0.3 is 5.32 Å². The van der Waals surface area contributed by atoms with E-state index < -0.39 is 0 Å². The molecule has 3 heterocycles. The van der Waals surface area contributed by atoms with E-state index >= 15 is 0 Å². The lowest BCUT2D eigenvalue weighted by Crippen LogP contribution is -2.27. The monoisotopic (exact) mass is 471 g/mol. The fraction of sp³-hybridized carbons (Fsp3) is 0.565. The first-order valence-electron chi connectivity index (χ1n) is 11.5. The quantitative estimate of drug-likeness (QED) is 0.393. The van der Waals surface area contributed by atoms with Crippen molar-refractivity contribution in [3.8, 4) is 0 Å². The molecule has 0 spiro atoms. The summed E-state index contributed by atoms with van der Waals surface area (Å²) < 4.78 is 3.82. The number of amides is 1. The molecule has 1 N–H and O–H groups in total. The Kier molecular flexibility index (Phi) is 6.11. The Hall–Kier alpha value is -2.13. The molecule has 0 bridgehead atoms. The molecule has 0 aromatic carbocycles. The Morgan fingerprint density at radius 3 is 2.56 bits per heavy atom. The zero-order valence-corrected chi connectivity index (χ0v) is 20.2. The molecule has 2 saturated carbocycles. The molecule has 9 heteroatoms. The molecule has 1 amide bonds. The third kappa shape index (κ3) is 4.01. The molecule has 2 aliphatic carbocycles. The van der Waals surface area contributed by atoms with Crippen LogP contribution in [0.3, 0.4) is 0 Å². The van der Waals surface area contributed by atoms with Crippen LogP contribution in [0.4, 0.5) is 5.82 Å². The number of carbonyl (C=O) groups is 1. The van der Waals surface area contributed by atoms with E-state index in [2.05, 4.69) is 10.4 Å². The van der Waals surface area contributed by atoms with E-state index in [0.717, 1.165) is 65.0 Å². The summed E-state index contributed by atoms with van der Waals surface area (Å²) in [7, 11) is 0. The third-order valence-corrected chi connectivity index (χ3v) is 8.89. The van der Waals surface area contributed by atoms with E-state index in [1.54, 1.807) is 17.5 Å². The molecule has 0 saturated heterocycles. The number of aryl methyl sites for hydroxylation is 2. The van der Waals surface area contributed by atoms with Crippen LogP contribution in [0.1, 0.15) is 73.9 Å². The molecule has 5 rings (SSSR count). The highest BCUT2D eigenvalue weighted by atomic mass is 32.2. The van der Waals surface area contributed by atoms with Crippen LogP contribution >= 0.6 is 23.1 Å². The van der Waals surface area contributed by atoms with Crippen molar-refractivity contribution < 1.29 is 4.79 Å². The molecule has 0 radical (unpaired) electrons. The van der Waals surface area contributed by atoms with Crippen LogP contribution in [0, 0.1) is 13.8 Å². The summed E-state index contributed by atoms with van der Waals surface area (Å²) in [4.78, 5) is 33.0. The van der Waals surface area contributed by atoms with Gasteiger partial charge in [-0.15, -0.1) is 11.3 Å². The summed E-state index contributed by atoms with van der Waals surface area (Å²) >= 11 is 2.93. The minimum absolute atomic E-state index is 0.0472. The molecule has 170 valence electrons. The van der Waals surface area contributed by atoms with Gasteiger partial charge in [0.2, 0.25) is 5.91 Å². The molecule has 0 aliphatic heterocycles. The number of hydrogen-bond donors (Lipinski definition) is 1. The Bertz CT molecular complexity index is 1200. The Labute approximate surface area is 195 Å². The minimum Gasteiger partial charge on any atom is -0.310 e. The van der Waals surface area contributed by atoms with Crippen LogP contribution in [0.5, 0.6) is 0 Å². The lowest BCUT2D eigenvalue weighted by atomic mass is 10.2. The van der Waals surface area contributed by atoms with Crippen LogP contribution in [0.25, 0.3) is 10.2 Å². The van der Waals surface area contributed by atoms with Gasteiger partial charge in [-0.1, -0.05) is 37.4 Å². The number of aromatic nitrogens is 4. The average molecular weight is 472 g/mol. The van der Waals surface area contributed by atoms with E-state index in [1.165, 1.54) is 24.6 Å². The number of hydrogen-bond acceptors (Lipinski definition) is 6. The first-order valence-corrected chi connectivity index (χ1v) is 13.3. The van der Waals surface area contributed by atoms with Crippen LogP contribution < -0.4 is 10.9 Å². The van der Waals surface area contributed by atoms with Gasteiger partial charge in [0, 0.05) is 17.0 Å². The number of anilines is 1. The number of rotatable bonds is 6. The van der Waals surface area contributed by atoms with Crippen molar-refractivity contribution in [2.45, 2.75) is 82.5 Å². The molecular formula is C23H29N5O2S2. The normalized spacial score (nSPS) is 17.6. The minimum atomic E-state index is -0.0967. The van der Waals surface area contributed by atoms with Crippen molar-refractivity contribution in [2.75, 3.05) is 11.1 Å². The summed E-state index contributed by atoms with van der Waals surface area (Å²) in [6.45, 7) is 4.04. The topological polar surface area (TPSA) is 81.8 Å². The molecular weight excluding hydrogens is 442 g/mol. The van der Waals surface area contributed by atoms with Crippen LogP contribution in [0.2, 0.25) is 0 Å². The van der Waals surface area contributed by atoms with Crippen molar-refractivity contribution in [3.05, 3.63) is 33.1 Å². The molecule has 7 nitrogen and oxygen atoms in total. The number of nitrogens with one attached hydrogen (secondary N) is 1. The average Bonchev–Trinajstić information content (AvgIpc) is 3.55. The first-order chi connectivity index (χ1) is 15.5. The summed E-state index contributed by atoms with van der Waals surface area (Å²) in [6.07, 6.45) is 10.6. The maximum Gasteiger partial charge on any atom is 0.263 e. The van der Waals surface area contributed by atoms with Crippen molar-refractivity contribution >= 4 is 45.0 Å². The fourth-order valence-electron chi connectivity index (χ4n) is 5.04. The molecule has 32 heavy (non-hydrogen) atoms. The summed E-state index contributed by atoms with van der Waals surface area (Å²) in [6, 6.07) is 2.40. The highest BCUT2D eigenvalue weighted by Crippen LogP contribution is 2.35. The Morgan fingerprint density at radius 2 is 1.84 bits per heavy atom. The van der Waals surface area contributed by atoms with Crippen molar-refractivity contribution in [1.29, 1.82) is 0 Å². The van der Waals surface area contributed by atoms with Gasteiger partial charge in [-0.05, 0) is 45.1 Å². The van der Waals surface area contributed by atoms with Crippen molar-refractivity contribution in [1.82, 2.24) is 19.3 Å². The Morgan fingerprint density at radius 1 is 1.16 bits per heavy atom. The van der Waals surface area contributed by atoms with Crippen molar-refractivity contribution in [3.63, 3.8) is 0 Å². The van der Waals surface area contributed by atoms with E-state index in [9.17, 15) is 9.59 Å². The van der Waals surface area contributed by atoms with Gasteiger partial charge in [-0.2, -0.15) is 5.10 Å². The standard InChI is InChI=1S/C23H29N5O2S2/c1-14-15(2)32-21-20(14)22(30)27(16-7-3-4-8-16)23(26-21)31-13-19(29)25-18-11-12-24-28(18)17-9-5-6-10-17/h11-12,16-17H,3-10,13H2,1-2H3,(H,25,29). The number of thiophene rings is 1. The Balaban J connectivity index is 1.38. The number of nitrogens with zero attached hydrogens (tertiary/aromatic N) is 4. The summed E-state index contributed by atoms with van der Waals surface area (Å²) in [5, 5.41) is 8.86. The second-order valence-corrected chi connectivity index (χ2v) is 11.1. The molecule has 0 atom stereocenters. The highest BCUT2D eigenvalue weighted by Gasteiger charge is 2.26. The van der Waals surface area contributed by atoms with Gasteiger partial charge in [0.05, 0.1) is 23.4 Å². The fourth-order valence-corrected chi connectivity index (χ4v) is 6.97. The van der Waals surface area contributed by atoms with E-state index in [0.29, 0.717) is 11.2 Å². The van der Waals surface area contributed by atoms with E-state index in [4.69, 9.17) is 4.98 Å². The number of thioether (sulfide) groups is 1. The summed E-state index contributed by atoms with van der Waals surface area (Å²) in [5.74, 6) is 0.869. The van der Waals surface area contributed by atoms with Gasteiger partial charge in [0.1, 0.15) is 10.6 Å². The van der Waals surface area contributed by atoms with Crippen LogP contribution in [-0.2, 0) is 4.79 Å². The zero-order valence-electron chi connectivity index (χ0n) is 18.6. The molecule has 0 unspecified atom stereocenters. The maximum absolute atomic E-state index is 13.5. The van der Waals surface area contributed by atoms with E-state index in [1.807, 2.05) is 29.2 Å². The number of carbonyl (C=O) groups excluding carboxylic acids is 1. The van der Waals surface area contributed by atoms with Gasteiger partial charge in [0.15, 0.2) is 5.16 Å². The SMILES string of the molecule is Cc1sc2nc(SCC(=O)Nc3ccnn3C3CCCC3)n(C3CCCC3)c(=O)c2c1C. The summed E-state index contributed by atoms with van der Waals surface area (Å²) in [5.41, 5.74) is 1.08. The lowest BCUT2D eigenvalue weighted by molar-refractivity contribution is -0.113. The number of fused-ring (bicyclic) bond motifs is 1. The van der Waals surface area contributed by atoms with Gasteiger partial charge in [-0.3, -0.25) is 14.2 Å². The predicted octanol–water partition coefficient (Wildman–Crippen LogP) is 5.23. The molecule has 2 fully saturated rings. The predicted molar refractivity (Wildman–Crippen MR) is 130 cm³/mol. The van der Waals surface area contributed by atoms with Gasteiger partial charge >= 0.3 is 0 Å². The van der Waals surface area contributed by atoms with Crippen molar-refractivity contribution in [2.24, 2.45) is 0 Å². The second kappa shape index (κ2) is 9.02. The first kappa shape index (κ1) is 21.7. The molecule has 2 aliphatic rings. The van der Waals surface area contributed by atoms with E-state index in [-0.39, 0.29) is 23.3 Å². The van der Waals surface area contributed by atoms with Gasteiger partial charge in [0.25, 0.3) is 5.56 Å². The van der Waals surface area contributed by atoms with Crippen LogP contribution in [0.15, 0.2) is 22.2 Å². The van der Waals surface area contributed by atoms with Crippen LogP contribution in [-0.4, -0.2) is 31.0 Å². The highest BCUT2D eigenvalue weighted by molar-refractivity contribution is 7.99. The molecule has 3 aromatic heterocycles. The lowest BCUT2D eigenvalue weighted by Gasteiger charge is -2.18. The second-order valence-electron chi connectivity index (χ2n) is 8.91. The third-order valence-electron chi connectivity index (χ3n) is 6.83. The maximum atomic E-state index is 13.5. The molecule has 3 aromatic rings. The largest absolute Gasteiger partial charge is 0.310 e. The smallest absolute Gasteiger partial charge is 0.263 e. The zero-order chi connectivity index (χ0) is 22.2.